The van der Waals surface area contributed by atoms with Gasteiger partial charge in [0.1, 0.15) is 5.75 Å². The summed E-state index contributed by atoms with van der Waals surface area (Å²) >= 11 is 0. The highest BCUT2D eigenvalue weighted by Crippen LogP contribution is 2.36. The minimum absolute atomic E-state index is 0.0613. The fourth-order valence-electron chi connectivity index (χ4n) is 3.35. The number of sulfonamides is 1. The molecule has 0 N–H and O–H groups in total. The molecule has 0 amide bonds. The third kappa shape index (κ3) is 4.39. The van der Waals surface area contributed by atoms with Crippen molar-refractivity contribution < 1.29 is 18.1 Å². The molecular formula is C20H21N3O5S. The molecule has 0 aromatic heterocycles. The standard InChI is InChI=1S/C20H21N3O5S/c1-14-4-3-9-22(13-14)29(26,27)17-6-8-20(18(11-17)23(24)25)28-19-7-5-16(12-21)10-15(19)2/h5-8,10-11,14H,3-4,9,13H2,1-2H3. The van der Waals surface area contributed by atoms with Gasteiger partial charge in [0.2, 0.25) is 15.8 Å². The van der Waals surface area contributed by atoms with Crippen molar-refractivity contribution in [3.8, 4) is 17.6 Å². The monoisotopic (exact) mass is 415 g/mol. The van der Waals surface area contributed by atoms with E-state index in [2.05, 4.69) is 0 Å². The van der Waals surface area contributed by atoms with Crippen LogP contribution >= 0.6 is 0 Å². The molecule has 152 valence electrons. The fraction of sp³-hybridized carbons (Fsp3) is 0.350. The van der Waals surface area contributed by atoms with Crippen LogP contribution in [0.5, 0.6) is 11.5 Å². The molecule has 1 aliphatic heterocycles. The van der Waals surface area contributed by atoms with Gasteiger partial charge in [-0.1, -0.05) is 6.92 Å². The Morgan fingerprint density at radius 2 is 1.97 bits per heavy atom. The molecule has 8 nitrogen and oxygen atoms in total. The van der Waals surface area contributed by atoms with Crippen molar-refractivity contribution in [2.75, 3.05) is 13.1 Å². The zero-order chi connectivity index (χ0) is 21.2. The molecule has 0 spiro atoms. The molecule has 0 saturated carbocycles. The second-order valence-corrected chi connectivity index (χ2v) is 9.13. The van der Waals surface area contributed by atoms with E-state index < -0.39 is 20.6 Å². The fourth-order valence-corrected chi connectivity index (χ4v) is 4.97. The first-order chi connectivity index (χ1) is 13.7. The summed E-state index contributed by atoms with van der Waals surface area (Å²) in [6.07, 6.45) is 1.73. The van der Waals surface area contributed by atoms with E-state index in [1.165, 1.54) is 16.4 Å². The van der Waals surface area contributed by atoms with Crippen molar-refractivity contribution >= 4 is 15.7 Å². The molecule has 1 heterocycles. The van der Waals surface area contributed by atoms with Crippen LogP contribution in [0.15, 0.2) is 41.3 Å². The van der Waals surface area contributed by atoms with Gasteiger partial charge in [0.15, 0.2) is 0 Å². The van der Waals surface area contributed by atoms with Crippen molar-refractivity contribution in [2.45, 2.75) is 31.6 Å². The van der Waals surface area contributed by atoms with E-state index in [-0.39, 0.29) is 16.6 Å². The first-order valence-corrected chi connectivity index (χ1v) is 10.6. The number of rotatable bonds is 5. The predicted molar refractivity (Wildman–Crippen MR) is 106 cm³/mol. The predicted octanol–water partition coefficient (Wildman–Crippen LogP) is 3.99. The van der Waals surface area contributed by atoms with Gasteiger partial charge >= 0.3 is 5.69 Å². The summed E-state index contributed by atoms with van der Waals surface area (Å²) < 4.78 is 32.9. The molecule has 0 aliphatic carbocycles. The van der Waals surface area contributed by atoms with E-state index in [0.717, 1.165) is 18.9 Å². The number of benzene rings is 2. The molecule has 0 bridgehead atoms. The number of piperidine rings is 1. The summed E-state index contributed by atoms with van der Waals surface area (Å²) in [5.41, 5.74) is 0.652. The number of nitriles is 1. The van der Waals surface area contributed by atoms with E-state index >= 15 is 0 Å². The van der Waals surface area contributed by atoms with E-state index in [0.29, 0.717) is 30.0 Å². The number of nitro benzene ring substituents is 1. The second-order valence-electron chi connectivity index (χ2n) is 7.19. The first kappa shape index (κ1) is 20.8. The van der Waals surface area contributed by atoms with Crippen LogP contribution in [0.1, 0.15) is 30.9 Å². The van der Waals surface area contributed by atoms with Gasteiger partial charge in [-0.05, 0) is 61.6 Å². The molecule has 2 aromatic rings. The molecule has 2 aromatic carbocycles. The Morgan fingerprint density at radius 1 is 1.24 bits per heavy atom. The zero-order valence-electron chi connectivity index (χ0n) is 16.2. The van der Waals surface area contributed by atoms with Gasteiger partial charge in [-0.2, -0.15) is 9.57 Å². The second kappa shape index (κ2) is 8.19. The number of nitrogens with zero attached hydrogens (tertiary/aromatic N) is 3. The van der Waals surface area contributed by atoms with Crippen LogP contribution in [0.4, 0.5) is 5.69 Å². The summed E-state index contributed by atoms with van der Waals surface area (Å²) in [6.45, 7) is 4.52. The minimum Gasteiger partial charge on any atom is -0.450 e. The van der Waals surface area contributed by atoms with Crippen LogP contribution in [0.2, 0.25) is 0 Å². The maximum Gasteiger partial charge on any atom is 0.312 e. The lowest BCUT2D eigenvalue weighted by molar-refractivity contribution is -0.385. The molecule has 1 fully saturated rings. The lowest BCUT2D eigenvalue weighted by Gasteiger charge is -2.30. The Morgan fingerprint density at radius 3 is 2.59 bits per heavy atom. The van der Waals surface area contributed by atoms with Crippen LogP contribution in [0.25, 0.3) is 0 Å². The third-order valence-corrected chi connectivity index (χ3v) is 6.77. The maximum atomic E-state index is 12.9. The number of aryl methyl sites for hydroxylation is 1. The van der Waals surface area contributed by atoms with Crippen LogP contribution in [0, 0.1) is 34.3 Å². The van der Waals surface area contributed by atoms with Gasteiger partial charge in [-0.3, -0.25) is 10.1 Å². The topological polar surface area (TPSA) is 114 Å². The van der Waals surface area contributed by atoms with Gasteiger partial charge in [0, 0.05) is 19.2 Å². The molecule has 29 heavy (non-hydrogen) atoms. The summed E-state index contributed by atoms with van der Waals surface area (Å²) in [6, 6.07) is 10.4. The van der Waals surface area contributed by atoms with Crippen molar-refractivity contribution in [2.24, 2.45) is 5.92 Å². The molecule has 1 unspecified atom stereocenters. The molecule has 1 atom stereocenters. The molecule has 9 heteroatoms. The molecule has 1 saturated heterocycles. The Labute approximate surface area is 169 Å². The van der Waals surface area contributed by atoms with Gasteiger partial charge in [-0.25, -0.2) is 8.42 Å². The summed E-state index contributed by atoms with van der Waals surface area (Å²) in [7, 11) is -3.82. The smallest absolute Gasteiger partial charge is 0.312 e. The van der Waals surface area contributed by atoms with E-state index in [1.54, 1.807) is 25.1 Å². The number of nitro groups is 1. The van der Waals surface area contributed by atoms with Crippen molar-refractivity contribution in [1.82, 2.24) is 4.31 Å². The SMILES string of the molecule is Cc1cc(C#N)ccc1Oc1ccc(S(=O)(=O)N2CCCC(C)C2)cc1[N+](=O)[O-]. The Hall–Kier alpha value is -2.96. The van der Waals surface area contributed by atoms with Crippen LogP contribution in [0.3, 0.4) is 0 Å². The van der Waals surface area contributed by atoms with Gasteiger partial charge in [-0.15, -0.1) is 0 Å². The molecule has 1 aliphatic rings. The van der Waals surface area contributed by atoms with E-state index in [9.17, 15) is 18.5 Å². The van der Waals surface area contributed by atoms with Crippen molar-refractivity contribution in [1.29, 1.82) is 5.26 Å². The Bertz CT molecular complexity index is 1090. The highest BCUT2D eigenvalue weighted by Gasteiger charge is 2.31. The largest absolute Gasteiger partial charge is 0.450 e. The normalized spacial score (nSPS) is 17.5. The van der Waals surface area contributed by atoms with Crippen molar-refractivity contribution in [3.05, 3.63) is 57.6 Å². The lowest BCUT2D eigenvalue weighted by Crippen LogP contribution is -2.39. The third-order valence-electron chi connectivity index (χ3n) is 4.91. The highest BCUT2D eigenvalue weighted by molar-refractivity contribution is 7.89. The quantitative estimate of drug-likeness (QED) is 0.539. The molecule has 0 radical (unpaired) electrons. The van der Waals surface area contributed by atoms with Gasteiger partial charge in [0.05, 0.1) is 21.5 Å². The number of hydrogen-bond acceptors (Lipinski definition) is 6. The van der Waals surface area contributed by atoms with Gasteiger partial charge < -0.3 is 4.74 Å². The average Bonchev–Trinajstić information content (AvgIpc) is 2.69. The summed E-state index contributed by atoms with van der Waals surface area (Å²) in [4.78, 5) is 10.8. The minimum atomic E-state index is -3.82. The average molecular weight is 415 g/mol. The van der Waals surface area contributed by atoms with Gasteiger partial charge in [0.25, 0.3) is 0 Å². The number of hydrogen-bond donors (Lipinski definition) is 0. The molecule has 3 rings (SSSR count). The van der Waals surface area contributed by atoms with Crippen LogP contribution < -0.4 is 4.74 Å². The number of ether oxygens (including phenoxy) is 1. The Kier molecular flexibility index (Phi) is 5.86. The first-order valence-electron chi connectivity index (χ1n) is 9.19. The highest BCUT2D eigenvalue weighted by atomic mass is 32.2. The van der Waals surface area contributed by atoms with Crippen LogP contribution in [-0.2, 0) is 10.0 Å². The molecular weight excluding hydrogens is 394 g/mol. The van der Waals surface area contributed by atoms with E-state index in [1.807, 2.05) is 13.0 Å². The van der Waals surface area contributed by atoms with Crippen molar-refractivity contribution in [3.63, 3.8) is 0 Å². The summed E-state index contributed by atoms with van der Waals surface area (Å²) in [5.74, 6) is 0.539. The maximum absolute atomic E-state index is 12.9. The lowest BCUT2D eigenvalue weighted by atomic mass is 10.0. The summed E-state index contributed by atoms with van der Waals surface area (Å²) in [5, 5.41) is 20.5. The Balaban J connectivity index is 1.95. The van der Waals surface area contributed by atoms with Crippen LogP contribution in [-0.4, -0.2) is 30.7 Å². The van der Waals surface area contributed by atoms with E-state index in [4.69, 9.17) is 10.00 Å². The zero-order valence-corrected chi connectivity index (χ0v) is 17.0.